The number of benzene rings is 1. The van der Waals surface area contributed by atoms with Crippen LogP contribution in [0.15, 0.2) is 23.1 Å². The summed E-state index contributed by atoms with van der Waals surface area (Å²) in [6.45, 7) is 0.734. The quantitative estimate of drug-likeness (QED) is 0.803. The lowest BCUT2D eigenvalue weighted by Crippen LogP contribution is -2.18. The summed E-state index contributed by atoms with van der Waals surface area (Å²) >= 11 is 5.99. The number of methoxy groups -OCH3 is 1. The van der Waals surface area contributed by atoms with Gasteiger partial charge in [0.2, 0.25) is 5.95 Å². The van der Waals surface area contributed by atoms with Crippen molar-refractivity contribution in [3.63, 3.8) is 0 Å². The van der Waals surface area contributed by atoms with Gasteiger partial charge in [0.05, 0.1) is 28.6 Å². The van der Waals surface area contributed by atoms with Crippen molar-refractivity contribution in [1.82, 2.24) is 20.2 Å². The SMILES string of the molecule is COCCn1nnnc1NC(=O)c1ccc(S(C)(=O)=O)cc1Cl. The summed E-state index contributed by atoms with van der Waals surface area (Å²) in [4.78, 5) is 12.3. The summed E-state index contributed by atoms with van der Waals surface area (Å²) in [5.74, 6) is -0.418. The minimum atomic E-state index is -3.40. The molecule has 0 saturated carbocycles. The van der Waals surface area contributed by atoms with Gasteiger partial charge in [-0.25, -0.2) is 13.1 Å². The average Bonchev–Trinajstić information content (AvgIpc) is 2.91. The number of nitrogens with zero attached hydrogens (tertiary/aromatic N) is 4. The smallest absolute Gasteiger partial charge is 0.259 e. The highest BCUT2D eigenvalue weighted by atomic mass is 35.5. The summed E-state index contributed by atoms with van der Waals surface area (Å²) < 4.78 is 29.2. The van der Waals surface area contributed by atoms with Gasteiger partial charge in [-0.15, -0.1) is 0 Å². The normalized spacial score (nSPS) is 11.4. The van der Waals surface area contributed by atoms with E-state index in [0.717, 1.165) is 6.26 Å². The zero-order chi connectivity index (χ0) is 17.0. The Balaban J connectivity index is 2.20. The standard InChI is InChI=1S/C12H14ClN5O4S/c1-22-6-5-18-12(15-16-17-18)14-11(19)9-4-3-8(7-10(9)13)23(2,20)21/h3-4,7H,5-6H2,1-2H3,(H,14,15,17,19). The van der Waals surface area contributed by atoms with E-state index in [-0.39, 0.29) is 21.4 Å². The van der Waals surface area contributed by atoms with Gasteiger partial charge in [0.15, 0.2) is 9.84 Å². The van der Waals surface area contributed by atoms with Crippen molar-refractivity contribution < 1.29 is 17.9 Å². The van der Waals surface area contributed by atoms with Crippen LogP contribution < -0.4 is 5.32 Å². The van der Waals surface area contributed by atoms with Crippen molar-refractivity contribution in [2.24, 2.45) is 0 Å². The molecule has 2 rings (SSSR count). The summed E-state index contributed by atoms with van der Waals surface area (Å²) in [7, 11) is -1.87. The Morgan fingerprint density at radius 3 is 2.78 bits per heavy atom. The molecule has 1 heterocycles. The second-order valence-corrected chi connectivity index (χ2v) is 7.01. The molecular formula is C12H14ClN5O4S. The maximum Gasteiger partial charge on any atom is 0.259 e. The number of anilines is 1. The van der Waals surface area contributed by atoms with Gasteiger partial charge < -0.3 is 4.74 Å². The maximum absolute atomic E-state index is 12.2. The summed E-state index contributed by atoms with van der Waals surface area (Å²) in [6, 6.07) is 3.86. The van der Waals surface area contributed by atoms with Gasteiger partial charge in [-0.3, -0.25) is 10.1 Å². The van der Waals surface area contributed by atoms with Crippen molar-refractivity contribution in [2.75, 3.05) is 25.3 Å². The molecule has 0 aliphatic rings. The van der Waals surface area contributed by atoms with Gasteiger partial charge in [-0.2, -0.15) is 0 Å². The number of ether oxygens (including phenoxy) is 1. The van der Waals surface area contributed by atoms with Crippen LogP contribution in [0.4, 0.5) is 5.95 Å². The van der Waals surface area contributed by atoms with Crippen molar-refractivity contribution in [2.45, 2.75) is 11.4 Å². The lowest BCUT2D eigenvalue weighted by atomic mass is 10.2. The lowest BCUT2D eigenvalue weighted by Gasteiger charge is -2.08. The molecule has 23 heavy (non-hydrogen) atoms. The highest BCUT2D eigenvalue weighted by molar-refractivity contribution is 7.90. The molecule has 0 bridgehead atoms. The van der Waals surface area contributed by atoms with E-state index in [2.05, 4.69) is 20.8 Å². The number of tetrazole rings is 1. The van der Waals surface area contributed by atoms with Crippen molar-refractivity contribution in [3.8, 4) is 0 Å². The number of carbonyl (C=O) groups excluding carboxylic acids is 1. The van der Waals surface area contributed by atoms with Crippen LogP contribution in [-0.2, 0) is 21.1 Å². The summed E-state index contributed by atoms with van der Waals surface area (Å²) in [5, 5.41) is 13.4. The molecule has 2 aromatic rings. The molecule has 124 valence electrons. The van der Waals surface area contributed by atoms with E-state index in [1.807, 2.05) is 0 Å². The van der Waals surface area contributed by atoms with Crippen LogP contribution in [0.1, 0.15) is 10.4 Å². The molecule has 1 N–H and O–H groups in total. The molecule has 1 amide bonds. The van der Waals surface area contributed by atoms with Crippen LogP contribution in [-0.4, -0.2) is 54.5 Å². The predicted molar refractivity (Wildman–Crippen MR) is 82.2 cm³/mol. The maximum atomic E-state index is 12.2. The molecule has 11 heteroatoms. The molecule has 0 aliphatic heterocycles. The minimum absolute atomic E-state index is 0.0151. The Morgan fingerprint density at radius 1 is 1.43 bits per heavy atom. The number of hydrogen-bond donors (Lipinski definition) is 1. The molecule has 0 radical (unpaired) electrons. The fourth-order valence-corrected chi connectivity index (χ4v) is 2.68. The summed E-state index contributed by atoms with van der Waals surface area (Å²) in [6.07, 6.45) is 1.06. The van der Waals surface area contributed by atoms with E-state index in [1.165, 1.54) is 30.0 Å². The van der Waals surface area contributed by atoms with E-state index in [0.29, 0.717) is 13.2 Å². The first-order chi connectivity index (χ1) is 10.8. The van der Waals surface area contributed by atoms with Crippen molar-refractivity contribution in [1.29, 1.82) is 0 Å². The zero-order valence-electron chi connectivity index (χ0n) is 12.4. The van der Waals surface area contributed by atoms with Crippen LogP contribution in [0, 0.1) is 0 Å². The fourth-order valence-electron chi connectivity index (χ4n) is 1.70. The van der Waals surface area contributed by atoms with Gasteiger partial charge in [0.1, 0.15) is 0 Å². The first-order valence-electron chi connectivity index (χ1n) is 6.39. The Morgan fingerprint density at radius 2 is 2.17 bits per heavy atom. The number of sulfone groups is 1. The molecule has 1 aromatic carbocycles. The Bertz CT molecular complexity index is 821. The number of nitrogens with one attached hydrogen (secondary N) is 1. The molecule has 0 fully saturated rings. The third-order valence-electron chi connectivity index (χ3n) is 2.88. The molecule has 0 aliphatic carbocycles. The topological polar surface area (TPSA) is 116 Å². The van der Waals surface area contributed by atoms with Crippen molar-refractivity contribution in [3.05, 3.63) is 28.8 Å². The molecule has 0 spiro atoms. The number of carbonyl (C=O) groups is 1. The molecule has 0 saturated heterocycles. The van der Waals surface area contributed by atoms with E-state index < -0.39 is 15.7 Å². The van der Waals surface area contributed by atoms with E-state index in [1.54, 1.807) is 0 Å². The number of hydrogen-bond acceptors (Lipinski definition) is 7. The molecule has 1 aromatic heterocycles. The van der Waals surface area contributed by atoms with E-state index in [4.69, 9.17) is 16.3 Å². The van der Waals surface area contributed by atoms with Crippen LogP contribution in [0.5, 0.6) is 0 Å². The average molecular weight is 360 g/mol. The van der Waals surface area contributed by atoms with Crippen molar-refractivity contribution >= 4 is 33.3 Å². The van der Waals surface area contributed by atoms with Crippen LogP contribution >= 0.6 is 11.6 Å². The van der Waals surface area contributed by atoms with Gasteiger partial charge in [-0.05, 0) is 28.6 Å². The van der Waals surface area contributed by atoms with Gasteiger partial charge in [0, 0.05) is 13.4 Å². The fraction of sp³-hybridized carbons (Fsp3) is 0.333. The Hall–Kier alpha value is -2.04. The van der Waals surface area contributed by atoms with Gasteiger partial charge >= 0.3 is 0 Å². The van der Waals surface area contributed by atoms with E-state index in [9.17, 15) is 13.2 Å². The Labute approximate surface area is 137 Å². The Kier molecular flexibility index (Phi) is 5.29. The monoisotopic (exact) mass is 359 g/mol. The van der Waals surface area contributed by atoms with Crippen LogP contribution in [0.2, 0.25) is 5.02 Å². The molecular weight excluding hydrogens is 346 g/mol. The number of rotatable bonds is 6. The van der Waals surface area contributed by atoms with Gasteiger partial charge in [-0.1, -0.05) is 16.7 Å². The second-order valence-electron chi connectivity index (χ2n) is 4.59. The van der Waals surface area contributed by atoms with E-state index >= 15 is 0 Å². The first kappa shape index (κ1) is 17.3. The largest absolute Gasteiger partial charge is 0.383 e. The number of amides is 1. The van der Waals surface area contributed by atoms with Gasteiger partial charge in [0.25, 0.3) is 5.91 Å². The minimum Gasteiger partial charge on any atom is -0.383 e. The summed E-state index contributed by atoms with van der Waals surface area (Å²) in [5.41, 5.74) is 0.111. The molecule has 9 nitrogen and oxygen atoms in total. The lowest BCUT2D eigenvalue weighted by molar-refractivity contribution is 0.102. The predicted octanol–water partition coefficient (Wildman–Crippen LogP) is 0.629. The van der Waals surface area contributed by atoms with Crippen LogP contribution in [0.3, 0.4) is 0 Å². The number of aromatic nitrogens is 4. The third-order valence-corrected chi connectivity index (χ3v) is 4.30. The zero-order valence-corrected chi connectivity index (χ0v) is 13.9. The highest BCUT2D eigenvalue weighted by Gasteiger charge is 2.17. The van der Waals surface area contributed by atoms with Crippen LogP contribution in [0.25, 0.3) is 0 Å². The molecule has 0 atom stereocenters. The second kappa shape index (κ2) is 7.02. The molecule has 0 unspecified atom stereocenters. The highest BCUT2D eigenvalue weighted by Crippen LogP contribution is 2.21. The third kappa shape index (κ3) is 4.24. The first-order valence-corrected chi connectivity index (χ1v) is 8.66. The number of halogens is 1.